The fraction of sp³-hybridized carbons (Fsp3) is 0.571. The molecule has 0 N–H and O–H groups in total. The number of fused-ring (bicyclic) bond motifs is 2. The maximum Gasteiger partial charge on any atom is 0.0461 e. The molecule has 2 bridgehead atoms. The van der Waals surface area contributed by atoms with Gasteiger partial charge in [-0.15, -0.1) is 0 Å². The molecular formula is C14H18IN. The molecular weight excluding hydrogens is 309 g/mol. The summed E-state index contributed by atoms with van der Waals surface area (Å²) in [7, 11) is 2.33. The highest BCUT2D eigenvalue weighted by Gasteiger charge is 2.47. The molecule has 2 aliphatic heterocycles. The maximum atomic E-state index is 2.65. The van der Waals surface area contributed by atoms with Gasteiger partial charge in [-0.25, -0.2) is 0 Å². The van der Waals surface area contributed by atoms with Crippen LogP contribution in [0.5, 0.6) is 0 Å². The van der Waals surface area contributed by atoms with Gasteiger partial charge in [0.2, 0.25) is 0 Å². The Kier molecular flexibility index (Phi) is 2.75. The van der Waals surface area contributed by atoms with Crippen LogP contribution in [0.4, 0.5) is 0 Å². The van der Waals surface area contributed by atoms with Crippen molar-refractivity contribution in [1.82, 2.24) is 4.90 Å². The zero-order valence-electron chi connectivity index (χ0n) is 9.75. The fourth-order valence-corrected chi connectivity index (χ4v) is 4.21. The van der Waals surface area contributed by atoms with Gasteiger partial charge in [0.1, 0.15) is 0 Å². The van der Waals surface area contributed by atoms with Crippen molar-refractivity contribution in [3.63, 3.8) is 0 Å². The van der Waals surface area contributed by atoms with Crippen LogP contribution in [0.15, 0.2) is 24.3 Å². The number of halogens is 1. The predicted octanol–water partition coefficient (Wildman–Crippen LogP) is 3.76. The predicted molar refractivity (Wildman–Crippen MR) is 75.5 cm³/mol. The van der Waals surface area contributed by atoms with E-state index in [1.165, 1.54) is 35.7 Å². The first-order valence-electron chi connectivity index (χ1n) is 6.21. The summed E-state index contributed by atoms with van der Waals surface area (Å²) in [5.74, 6) is 0. The first-order chi connectivity index (χ1) is 7.72. The third kappa shape index (κ3) is 1.53. The van der Waals surface area contributed by atoms with Crippen LogP contribution in [-0.2, 0) is 5.54 Å². The summed E-state index contributed by atoms with van der Waals surface area (Å²) in [6.45, 7) is 0. The van der Waals surface area contributed by atoms with Crippen LogP contribution in [0.3, 0.4) is 0 Å². The van der Waals surface area contributed by atoms with E-state index in [0.29, 0.717) is 5.54 Å². The van der Waals surface area contributed by atoms with E-state index in [2.05, 4.69) is 58.8 Å². The fourth-order valence-electron chi connectivity index (χ4n) is 3.66. The maximum absolute atomic E-state index is 2.65. The molecule has 2 saturated heterocycles. The minimum absolute atomic E-state index is 0.365. The van der Waals surface area contributed by atoms with E-state index in [1.807, 2.05) is 0 Å². The van der Waals surface area contributed by atoms with Crippen molar-refractivity contribution in [3.05, 3.63) is 33.4 Å². The third-order valence-electron chi connectivity index (χ3n) is 4.60. The molecule has 2 fully saturated rings. The summed E-state index contributed by atoms with van der Waals surface area (Å²) in [6.07, 6.45) is 6.90. The minimum atomic E-state index is 0.365. The molecule has 2 atom stereocenters. The van der Waals surface area contributed by atoms with Gasteiger partial charge in [-0.2, -0.15) is 0 Å². The van der Waals surface area contributed by atoms with Crippen molar-refractivity contribution in [1.29, 1.82) is 0 Å². The topological polar surface area (TPSA) is 3.24 Å². The zero-order valence-corrected chi connectivity index (χ0v) is 11.9. The second kappa shape index (κ2) is 3.98. The summed E-state index contributed by atoms with van der Waals surface area (Å²) >= 11 is 2.43. The Morgan fingerprint density at radius 3 is 3.00 bits per heavy atom. The molecule has 1 aromatic carbocycles. The molecule has 0 aliphatic carbocycles. The Morgan fingerprint density at radius 1 is 1.31 bits per heavy atom. The van der Waals surface area contributed by atoms with Crippen LogP contribution < -0.4 is 0 Å². The number of nitrogens with zero attached hydrogens (tertiary/aromatic N) is 1. The second-order valence-electron chi connectivity index (χ2n) is 5.24. The van der Waals surface area contributed by atoms with Crippen LogP contribution in [0.2, 0.25) is 0 Å². The lowest BCUT2D eigenvalue weighted by Crippen LogP contribution is -2.45. The van der Waals surface area contributed by atoms with Crippen LogP contribution in [0, 0.1) is 3.57 Å². The molecule has 2 aliphatic rings. The van der Waals surface area contributed by atoms with E-state index in [4.69, 9.17) is 0 Å². The van der Waals surface area contributed by atoms with Crippen LogP contribution in [-0.4, -0.2) is 18.0 Å². The highest BCUT2D eigenvalue weighted by Crippen LogP contribution is 2.49. The average molecular weight is 327 g/mol. The summed E-state index contributed by atoms with van der Waals surface area (Å²) in [4.78, 5) is 2.65. The second-order valence-corrected chi connectivity index (χ2v) is 6.48. The van der Waals surface area contributed by atoms with E-state index in [0.717, 1.165) is 6.04 Å². The van der Waals surface area contributed by atoms with E-state index in [9.17, 15) is 0 Å². The molecule has 0 spiro atoms. The van der Waals surface area contributed by atoms with Crippen molar-refractivity contribution in [2.45, 2.75) is 43.7 Å². The van der Waals surface area contributed by atoms with Crippen molar-refractivity contribution in [3.8, 4) is 0 Å². The molecule has 0 aromatic heterocycles. The largest absolute Gasteiger partial charge is 0.294 e. The Morgan fingerprint density at radius 2 is 2.19 bits per heavy atom. The van der Waals surface area contributed by atoms with Gasteiger partial charge in [-0.3, -0.25) is 4.90 Å². The van der Waals surface area contributed by atoms with Gasteiger partial charge in [-0.1, -0.05) is 12.1 Å². The number of piperidine rings is 1. The molecule has 2 heteroatoms. The van der Waals surface area contributed by atoms with E-state index >= 15 is 0 Å². The van der Waals surface area contributed by atoms with Gasteiger partial charge < -0.3 is 0 Å². The van der Waals surface area contributed by atoms with Crippen LogP contribution in [0.25, 0.3) is 0 Å². The third-order valence-corrected chi connectivity index (χ3v) is 5.27. The lowest BCUT2D eigenvalue weighted by Gasteiger charge is -2.43. The average Bonchev–Trinajstić information content (AvgIpc) is 2.51. The molecule has 0 amide bonds. The highest BCUT2D eigenvalue weighted by atomic mass is 127. The van der Waals surface area contributed by atoms with Gasteiger partial charge in [-0.05, 0) is 79.4 Å². The molecule has 0 saturated carbocycles. The molecule has 2 heterocycles. The SMILES string of the molecule is CN1[C@@H]2CCC[C@@]1(c1cccc(I)c1)CC2. The van der Waals surface area contributed by atoms with E-state index in [1.54, 1.807) is 5.56 Å². The summed E-state index contributed by atoms with van der Waals surface area (Å²) in [5, 5.41) is 0. The van der Waals surface area contributed by atoms with Crippen molar-refractivity contribution < 1.29 is 0 Å². The Hall–Kier alpha value is -0.0900. The van der Waals surface area contributed by atoms with E-state index in [-0.39, 0.29) is 0 Å². The Labute approximate surface area is 111 Å². The van der Waals surface area contributed by atoms with Gasteiger partial charge >= 0.3 is 0 Å². The lowest BCUT2D eigenvalue weighted by atomic mass is 9.82. The summed E-state index contributed by atoms with van der Waals surface area (Å²) < 4.78 is 1.37. The standard InChI is InChI=1S/C14H18IN/c1-16-13-6-3-8-14(16,9-7-13)11-4-2-5-12(15)10-11/h2,4-5,10,13H,3,6-9H2,1H3/t13-,14+/m1/s1. The van der Waals surface area contributed by atoms with Gasteiger partial charge in [0.05, 0.1) is 0 Å². The molecule has 1 aromatic rings. The first kappa shape index (κ1) is 11.0. The quantitative estimate of drug-likeness (QED) is 0.710. The summed E-state index contributed by atoms with van der Waals surface area (Å²) in [6, 6.07) is 9.95. The number of hydrogen-bond acceptors (Lipinski definition) is 1. The molecule has 0 radical (unpaired) electrons. The molecule has 3 rings (SSSR count). The first-order valence-corrected chi connectivity index (χ1v) is 7.29. The monoisotopic (exact) mass is 327 g/mol. The number of hydrogen-bond donors (Lipinski definition) is 0. The Balaban J connectivity index is 2.04. The normalized spacial score (nSPS) is 34.2. The summed E-state index contributed by atoms with van der Waals surface area (Å²) in [5.41, 5.74) is 1.91. The zero-order chi connectivity index (χ0) is 11.2. The highest BCUT2D eigenvalue weighted by molar-refractivity contribution is 14.1. The number of rotatable bonds is 1. The van der Waals surface area contributed by atoms with E-state index < -0.39 is 0 Å². The van der Waals surface area contributed by atoms with Gasteiger partial charge in [0.25, 0.3) is 0 Å². The van der Waals surface area contributed by atoms with Crippen LogP contribution in [0.1, 0.15) is 37.7 Å². The lowest BCUT2D eigenvalue weighted by molar-refractivity contribution is 0.0805. The molecule has 1 nitrogen and oxygen atoms in total. The van der Waals surface area contributed by atoms with Gasteiger partial charge in [0.15, 0.2) is 0 Å². The minimum Gasteiger partial charge on any atom is -0.294 e. The Bertz CT molecular complexity index is 399. The van der Waals surface area contributed by atoms with Crippen molar-refractivity contribution in [2.24, 2.45) is 0 Å². The molecule has 16 heavy (non-hydrogen) atoms. The molecule has 0 unspecified atom stereocenters. The van der Waals surface area contributed by atoms with Gasteiger partial charge in [0, 0.05) is 15.2 Å². The molecule has 86 valence electrons. The number of benzene rings is 1. The smallest absolute Gasteiger partial charge is 0.0461 e. The van der Waals surface area contributed by atoms with Crippen LogP contribution >= 0.6 is 22.6 Å². The van der Waals surface area contributed by atoms with Crippen molar-refractivity contribution in [2.75, 3.05) is 7.05 Å². The van der Waals surface area contributed by atoms with Crippen molar-refractivity contribution >= 4 is 22.6 Å².